The molecule has 6 heteroatoms. The number of nitrogens with zero attached hydrogens (tertiary/aromatic N) is 2. The van der Waals surface area contributed by atoms with Gasteiger partial charge in [-0.3, -0.25) is 9.59 Å². The van der Waals surface area contributed by atoms with Crippen molar-refractivity contribution in [2.24, 2.45) is 0 Å². The highest BCUT2D eigenvalue weighted by atomic mass is 35.5. The molecule has 0 aliphatic carbocycles. The Balaban J connectivity index is 1.48. The topological polar surface area (TPSA) is 40.6 Å². The van der Waals surface area contributed by atoms with Crippen molar-refractivity contribution in [2.45, 2.75) is 12.8 Å². The summed E-state index contributed by atoms with van der Waals surface area (Å²) in [5.41, 5.74) is 1.02. The Morgan fingerprint density at radius 2 is 1.46 bits per heavy atom. The first kappa shape index (κ1) is 17.0. The Morgan fingerprint density at radius 3 is 2.00 bits per heavy atom. The summed E-state index contributed by atoms with van der Waals surface area (Å²) in [7, 11) is 0. The zero-order valence-electron chi connectivity index (χ0n) is 13.3. The second-order valence-electron chi connectivity index (χ2n) is 5.81. The molecule has 126 valence electrons. The van der Waals surface area contributed by atoms with Crippen molar-refractivity contribution in [3.63, 3.8) is 0 Å². The quantitative estimate of drug-likeness (QED) is 0.839. The SMILES string of the molecule is O=C(Cc1ccccc1)N1CCN(C(=O)Cc2ccc(Cl)s2)CC1. The molecule has 2 heterocycles. The Labute approximate surface area is 150 Å². The maximum Gasteiger partial charge on any atom is 0.227 e. The molecule has 1 fully saturated rings. The van der Waals surface area contributed by atoms with E-state index in [1.165, 1.54) is 11.3 Å². The third kappa shape index (κ3) is 4.36. The van der Waals surface area contributed by atoms with Gasteiger partial charge in [0.05, 0.1) is 17.2 Å². The lowest BCUT2D eigenvalue weighted by Crippen LogP contribution is -2.51. The van der Waals surface area contributed by atoms with Crippen molar-refractivity contribution in [2.75, 3.05) is 26.2 Å². The van der Waals surface area contributed by atoms with Crippen LogP contribution in [-0.2, 0) is 22.4 Å². The second-order valence-corrected chi connectivity index (χ2v) is 7.61. The van der Waals surface area contributed by atoms with Crippen LogP contribution >= 0.6 is 22.9 Å². The molecule has 0 saturated carbocycles. The molecule has 0 radical (unpaired) electrons. The monoisotopic (exact) mass is 362 g/mol. The highest BCUT2D eigenvalue weighted by molar-refractivity contribution is 7.16. The number of rotatable bonds is 4. The van der Waals surface area contributed by atoms with E-state index in [0.29, 0.717) is 43.4 Å². The summed E-state index contributed by atoms with van der Waals surface area (Å²) < 4.78 is 0.703. The van der Waals surface area contributed by atoms with Crippen molar-refractivity contribution in [1.29, 1.82) is 0 Å². The lowest BCUT2D eigenvalue weighted by atomic mass is 10.1. The zero-order valence-corrected chi connectivity index (χ0v) is 14.9. The number of piperazine rings is 1. The fourth-order valence-corrected chi connectivity index (χ4v) is 3.87. The number of hydrogen-bond donors (Lipinski definition) is 0. The molecule has 2 aromatic rings. The Bertz CT molecular complexity index is 709. The minimum absolute atomic E-state index is 0.101. The van der Waals surface area contributed by atoms with Gasteiger partial charge < -0.3 is 9.80 Å². The van der Waals surface area contributed by atoms with Crippen molar-refractivity contribution in [3.8, 4) is 0 Å². The molecule has 0 bridgehead atoms. The van der Waals surface area contributed by atoms with Gasteiger partial charge in [0.25, 0.3) is 0 Å². The number of hydrogen-bond acceptors (Lipinski definition) is 3. The van der Waals surface area contributed by atoms with Gasteiger partial charge in [0.2, 0.25) is 11.8 Å². The van der Waals surface area contributed by atoms with Crippen LogP contribution in [0.2, 0.25) is 4.34 Å². The zero-order chi connectivity index (χ0) is 16.9. The van der Waals surface area contributed by atoms with Crippen molar-refractivity contribution < 1.29 is 9.59 Å². The summed E-state index contributed by atoms with van der Waals surface area (Å²) in [5, 5.41) is 0. The van der Waals surface area contributed by atoms with Crippen LogP contribution in [0.1, 0.15) is 10.4 Å². The molecular weight excluding hydrogens is 344 g/mol. The number of benzene rings is 1. The molecule has 24 heavy (non-hydrogen) atoms. The molecule has 0 spiro atoms. The van der Waals surface area contributed by atoms with E-state index >= 15 is 0 Å². The van der Waals surface area contributed by atoms with Crippen LogP contribution in [0, 0.1) is 0 Å². The van der Waals surface area contributed by atoms with Gasteiger partial charge >= 0.3 is 0 Å². The minimum atomic E-state index is 0.101. The van der Waals surface area contributed by atoms with Crippen molar-refractivity contribution in [3.05, 3.63) is 57.2 Å². The van der Waals surface area contributed by atoms with Gasteiger partial charge in [0.15, 0.2) is 0 Å². The average molecular weight is 363 g/mol. The average Bonchev–Trinajstić information content (AvgIpc) is 3.00. The first-order chi connectivity index (χ1) is 11.6. The van der Waals surface area contributed by atoms with Crippen LogP contribution in [0.25, 0.3) is 0 Å². The first-order valence-electron chi connectivity index (χ1n) is 7.95. The maximum absolute atomic E-state index is 12.3. The molecule has 2 amide bonds. The van der Waals surface area contributed by atoms with E-state index in [0.717, 1.165) is 10.4 Å². The summed E-state index contributed by atoms with van der Waals surface area (Å²) in [4.78, 5) is 29.3. The third-order valence-corrected chi connectivity index (χ3v) is 5.37. The van der Waals surface area contributed by atoms with Crippen LogP contribution in [0.4, 0.5) is 0 Å². The fourth-order valence-electron chi connectivity index (χ4n) is 2.80. The van der Waals surface area contributed by atoms with Gasteiger partial charge in [-0.25, -0.2) is 0 Å². The number of carbonyl (C=O) groups is 2. The molecule has 3 rings (SSSR count). The minimum Gasteiger partial charge on any atom is -0.339 e. The third-order valence-electron chi connectivity index (χ3n) is 4.14. The standard InChI is InChI=1S/C18H19ClN2O2S/c19-16-7-6-15(24-16)13-18(23)21-10-8-20(9-11-21)17(22)12-14-4-2-1-3-5-14/h1-7H,8-13H2. The molecule has 0 atom stereocenters. The van der Waals surface area contributed by atoms with Gasteiger partial charge in [-0.15, -0.1) is 11.3 Å². The van der Waals surface area contributed by atoms with Crippen LogP contribution in [-0.4, -0.2) is 47.8 Å². The predicted molar refractivity (Wildman–Crippen MR) is 96.3 cm³/mol. The lowest BCUT2D eigenvalue weighted by molar-refractivity contribution is -0.138. The fraction of sp³-hybridized carbons (Fsp3) is 0.333. The van der Waals surface area contributed by atoms with Crippen LogP contribution < -0.4 is 0 Å². The maximum atomic E-state index is 12.3. The van der Waals surface area contributed by atoms with Gasteiger partial charge in [-0.2, -0.15) is 0 Å². The molecule has 1 aliphatic rings. The smallest absolute Gasteiger partial charge is 0.227 e. The number of amides is 2. The van der Waals surface area contributed by atoms with Crippen LogP contribution in [0.15, 0.2) is 42.5 Å². The Hall–Kier alpha value is -1.85. The van der Waals surface area contributed by atoms with Gasteiger partial charge in [-0.05, 0) is 17.7 Å². The second kappa shape index (κ2) is 7.81. The summed E-state index contributed by atoms with van der Waals surface area (Å²) in [6.07, 6.45) is 0.803. The normalized spacial score (nSPS) is 14.7. The predicted octanol–water partition coefficient (Wildman–Crippen LogP) is 2.86. The van der Waals surface area contributed by atoms with E-state index in [-0.39, 0.29) is 11.8 Å². The van der Waals surface area contributed by atoms with E-state index in [2.05, 4.69) is 0 Å². The molecule has 1 saturated heterocycles. The van der Waals surface area contributed by atoms with E-state index in [1.807, 2.05) is 52.3 Å². The van der Waals surface area contributed by atoms with E-state index in [4.69, 9.17) is 11.6 Å². The molecule has 1 aliphatic heterocycles. The largest absolute Gasteiger partial charge is 0.339 e. The Morgan fingerprint density at radius 1 is 0.875 bits per heavy atom. The van der Waals surface area contributed by atoms with Crippen LogP contribution in [0.5, 0.6) is 0 Å². The van der Waals surface area contributed by atoms with E-state index in [9.17, 15) is 9.59 Å². The molecule has 1 aromatic heterocycles. The summed E-state index contributed by atoms with van der Waals surface area (Å²) >= 11 is 7.34. The number of thiophene rings is 1. The summed E-state index contributed by atoms with van der Waals surface area (Å²) in [6.45, 7) is 2.39. The highest BCUT2D eigenvalue weighted by Gasteiger charge is 2.24. The molecule has 0 N–H and O–H groups in total. The van der Waals surface area contributed by atoms with Gasteiger partial charge in [0, 0.05) is 31.1 Å². The number of halogens is 1. The summed E-state index contributed by atoms with van der Waals surface area (Å²) in [5.74, 6) is 0.224. The molecule has 4 nitrogen and oxygen atoms in total. The molecular formula is C18H19ClN2O2S. The van der Waals surface area contributed by atoms with Gasteiger partial charge in [-0.1, -0.05) is 41.9 Å². The highest BCUT2D eigenvalue weighted by Crippen LogP contribution is 2.22. The van der Waals surface area contributed by atoms with Crippen LogP contribution in [0.3, 0.4) is 0 Å². The van der Waals surface area contributed by atoms with E-state index < -0.39 is 0 Å². The lowest BCUT2D eigenvalue weighted by Gasteiger charge is -2.35. The number of carbonyl (C=O) groups excluding carboxylic acids is 2. The van der Waals surface area contributed by atoms with Gasteiger partial charge in [0.1, 0.15) is 0 Å². The Kier molecular flexibility index (Phi) is 5.53. The molecule has 1 aromatic carbocycles. The molecule has 0 unspecified atom stereocenters. The summed E-state index contributed by atoms with van der Waals surface area (Å²) in [6, 6.07) is 13.5. The van der Waals surface area contributed by atoms with Crippen molar-refractivity contribution >= 4 is 34.8 Å². The first-order valence-corrected chi connectivity index (χ1v) is 9.15. The van der Waals surface area contributed by atoms with Crippen molar-refractivity contribution in [1.82, 2.24) is 9.80 Å². The van der Waals surface area contributed by atoms with E-state index in [1.54, 1.807) is 0 Å².